The maximum atomic E-state index is 11.2. The first-order valence-corrected chi connectivity index (χ1v) is 14.6. The molecule has 0 aromatic rings. The standard InChI is InChI=1S/C22H43ClO2Si/c1-5-18-26(23,19-6-2)20-16-14-12-10-8-7-9-11-13-15-17-25-22(24)21(3)4/h3,5-20H2,1-2,4H3. The summed E-state index contributed by atoms with van der Waals surface area (Å²) in [5.74, 6) is -0.261. The van der Waals surface area contributed by atoms with E-state index in [1.165, 1.54) is 82.3 Å². The molecule has 0 aliphatic carbocycles. The summed E-state index contributed by atoms with van der Waals surface area (Å²) in [6.45, 7) is 10.3. The van der Waals surface area contributed by atoms with Crippen LogP contribution in [0.1, 0.15) is 97.8 Å². The van der Waals surface area contributed by atoms with Crippen LogP contribution in [-0.2, 0) is 9.53 Å². The van der Waals surface area contributed by atoms with Crippen molar-refractivity contribution in [3.63, 3.8) is 0 Å². The molecule has 0 radical (unpaired) electrons. The Hall–Kier alpha value is -0.283. The Morgan fingerprint density at radius 3 is 1.65 bits per heavy atom. The second-order valence-electron chi connectivity index (χ2n) is 7.85. The van der Waals surface area contributed by atoms with Gasteiger partial charge in [-0.2, -0.15) is 11.1 Å². The molecule has 2 nitrogen and oxygen atoms in total. The number of rotatable bonds is 18. The molecule has 154 valence electrons. The highest BCUT2D eigenvalue weighted by Gasteiger charge is 2.27. The molecule has 0 spiro atoms. The molecule has 26 heavy (non-hydrogen) atoms. The quantitative estimate of drug-likeness (QED) is 0.0762. The van der Waals surface area contributed by atoms with Gasteiger partial charge in [0.1, 0.15) is 0 Å². The van der Waals surface area contributed by atoms with Gasteiger partial charge < -0.3 is 4.74 Å². The third-order valence-corrected chi connectivity index (χ3v) is 10.7. The number of halogens is 1. The minimum absolute atomic E-state index is 0.261. The van der Waals surface area contributed by atoms with E-state index in [1.807, 2.05) is 0 Å². The molecule has 0 saturated carbocycles. The van der Waals surface area contributed by atoms with Gasteiger partial charge >= 0.3 is 5.97 Å². The Morgan fingerprint density at radius 2 is 1.23 bits per heavy atom. The molecule has 0 aromatic carbocycles. The van der Waals surface area contributed by atoms with Gasteiger partial charge in [0.05, 0.1) is 6.61 Å². The highest BCUT2D eigenvalue weighted by atomic mass is 35.6. The van der Waals surface area contributed by atoms with E-state index >= 15 is 0 Å². The van der Waals surface area contributed by atoms with Gasteiger partial charge in [-0.25, -0.2) is 4.79 Å². The lowest BCUT2D eigenvalue weighted by molar-refractivity contribution is -0.139. The van der Waals surface area contributed by atoms with Crippen molar-refractivity contribution in [3.05, 3.63) is 12.2 Å². The number of esters is 1. The van der Waals surface area contributed by atoms with E-state index < -0.39 is 7.38 Å². The molecule has 0 fully saturated rings. The van der Waals surface area contributed by atoms with Crippen molar-refractivity contribution >= 4 is 24.4 Å². The summed E-state index contributed by atoms with van der Waals surface area (Å²) in [4.78, 5) is 11.2. The monoisotopic (exact) mass is 402 g/mol. The fourth-order valence-electron chi connectivity index (χ4n) is 3.52. The second kappa shape index (κ2) is 16.9. The molecule has 0 rings (SSSR count). The molecule has 0 bridgehead atoms. The normalized spacial score (nSPS) is 11.5. The summed E-state index contributed by atoms with van der Waals surface area (Å²) in [5, 5.41) is 0. The first-order valence-electron chi connectivity index (χ1n) is 11.0. The lowest BCUT2D eigenvalue weighted by Crippen LogP contribution is -2.25. The molecule has 0 unspecified atom stereocenters. The molecule has 0 saturated heterocycles. The van der Waals surface area contributed by atoms with Crippen molar-refractivity contribution in [1.29, 1.82) is 0 Å². The Balaban J connectivity index is 3.38. The van der Waals surface area contributed by atoms with Crippen molar-refractivity contribution in [2.75, 3.05) is 6.61 Å². The summed E-state index contributed by atoms with van der Waals surface area (Å²) in [5.41, 5.74) is 0.486. The summed E-state index contributed by atoms with van der Waals surface area (Å²) < 4.78 is 5.10. The van der Waals surface area contributed by atoms with Crippen LogP contribution in [0.2, 0.25) is 18.1 Å². The van der Waals surface area contributed by atoms with E-state index in [-0.39, 0.29) is 5.97 Å². The fraction of sp³-hybridized carbons (Fsp3) is 0.864. The van der Waals surface area contributed by atoms with Gasteiger partial charge in [0.15, 0.2) is 7.38 Å². The van der Waals surface area contributed by atoms with Crippen molar-refractivity contribution in [2.45, 2.75) is 116 Å². The van der Waals surface area contributed by atoms with Crippen LogP contribution in [0.15, 0.2) is 12.2 Å². The molecule has 0 aliphatic heterocycles. The van der Waals surface area contributed by atoms with Crippen molar-refractivity contribution in [1.82, 2.24) is 0 Å². The maximum Gasteiger partial charge on any atom is 0.333 e. The molecule has 0 amide bonds. The zero-order valence-corrected chi connectivity index (χ0v) is 19.5. The van der Waals surface area contributed by atoms with Gasteiger partial charge in [0.25, 0.3) is 0 Å². The summed E-state index contributed by atoms with van der Waals surface area (Å²) >= 11 is 6.91. The number of carbonyl (C=O) groups excluding carboxylic acids is 1. The second-order valence-corrected chi connectivity index (χ2v) is 14.1. The number of ether oxygens (including phenoxy) is 1. The van der Waals surface area contributed by atoms with Crippen LogP contribution in [0.5, 0.6) is 0 Å². The van der Waals surface area contributed by atoms with Crippen molar-refractivity contribution < 1.29 is 9.53 Å². The number of carbonyl (C=O) groups is 1. The van der Waals surface area contributed by atoms with Crippen molar-refractivity contribution in [2.24, 2.45) is 0 Å². The first-order chi connectivity index (χ1) is 12.4. The molecular weight excluding hydrogens is 360 g/mol. The average Bonchev–Trinajstić information content (AvgIpc) is 2.59. The average molecular weight is 403 g/mol. The van der Waals surface area contributed by atoms with Gasteiger partial charge in [-0.15, -0.1) is 0 Å². The summed E-state index contributed by atoms with van der Waals surface area (Å²) in [6.07, 6.45) is 15.3. The lowest BCUT2D eigenvalue weighted by Gasteiger charge is -2.23. The largest absolute Gasteiger partial charge is 0.462 e. The molecule has 0 N–H and O–H groups in total. The van der Waals surface area contributed by atoms with Crippen LogP contribution in [0.25, 0.3) is 0 Å². The van der Waals surface area contributed by atoms with Crippen LogP contribution >= 0.6 is 11.1 Å². The van der Waals surface area contributed by atoms with E-state index in [1.54, 1.807) is 6.92 Å². The molecular formula is C22H43ClO2Si. The highest BCUT2D eigenvalue weighted by Crippen LogP contribution is 2.31. The third kappa shape index (κ3) is 14.8. The minimum Gasteiger partial charge on any atom is -0.462 e. The zero-order chi connectivity index (χ0) is 19.7. The Morgan fingerprint density at radius 1 is 0.808 bits per heavy atom. The van der Waals surface area contributed by atoms with Crippen LogP contribution in [0.4, 0.5) is 0 Å². The highest BCUT2D eigenvalue weighted by molar-refractivity contribution is 7.20. The molecule has 0 aromatic heterocycles. The fourth-order valence-corrected chi connectivity index (χ4v) is 8.48. The van der Waals surface area contributed by atoms with Crippen LogP contribution < -0.4 is 0 Å². The maximum absolute atomic E-state index is 11.2. The van der Waals surface area contributed by atoms with E-state index in [0.717, 1.165) is 12.8 Å². The van der Waals surface area contributed by atoms with Gasteiger partial charge in [-0.3, -0.25) is 0 Å². The summed E-state index contributed by atoms with van der Waals surface area (Å²) in [7, 11) is -1.42. The van der Waals surface area contributed by atoms with Gasteiger partial charge in [0.2, 0.25) is 0 Å². The van der Waals surface area contributed by atoms with Crippen LogP contribution in [-0.4, -0.2) is 20.0 Å². The molecule has 4 heteroatoms. The van der Waals surface area contributed by atoms with Gasteiger partial charge in [-0.1, -0.05) is 91.1 Å². The minimum atomic E-state index is -1.42. The lowest BCUT2D eigenvalue weighted by atomic mass is 10.1. The SMILES string of the molecule is C=C(C)C(=O)OCCCCCCCCCCCC[Si](Cl)(CCC)CCC. The summed E-state index contributed by atoms with van der Waals surface area (Å²) in [6, 6.07) is 3.93. The van der Waals surface area contributed by atoms with E-state index in [2.05, 4.69) is 20.4 Å². The van der Waals surface area contributed by atoms with E-state index in [9.17, 15) is 4.79 Å². The van der Waals surface area contributed by atoms with Crippen LogP contribution in [0.3, 0.4) is 0 Å². The molecule has 0 atom stereocenters. The topological polar surface area (TPSA) is 26.3 Å². The predicted octanol–water partition coefficient (Wildman–Crippen LogP) is 8.01. The number of hydrogen-bond donors (Lipinski definition) is 0. The predicted molar refractivity (Wildman–Crippen MR) is 119 cm³/mol. The smallest absolute Gasteiger partial charge is 0.333 e. The van der Waals surface area contributed by atoms with Gasteiger partial charge in [-0.05, 0) is 31.5 Å². The van der Waals surface area contributed by atoms with Gasteiger partial charge in [0, 0.05) is 5.57 Å². The van der Waals surface area contributed by atoms with E-state index in [4.69, 9.17) is 15.8 Å². The van der Waals surface area contributed by atoms with Crippen molar-refractivity contribution in [3.8, 4) is 0 Å². The Labute approximate surface area is 168 Å². The zero-order valence-electron chi connectivity index (χ0n) is 17.7. The Kier molecular flexibility index (Phi) is 16.7. The molecule has 0 aliphatic rings. The van der Waals surface area contributed by atoms with E-state index in [0.29, 0.717) is 12.2 Å². The number of unbranched alkanes of at least 4 members (excludes halogenated alkanes) is 9. The first kappa shape index (κ1) is 25.7. The Bertz CT molecular complexity index is 365. The van der Waals surface area contributed by atoms with Crippen LogP contribution in [0, 0.1) is 0 Å². The third-order valence-electron chi connectivity index (χ3n) is 5.00. The number of hydrogen-bond acceptors (Lipinski definition) is 2. The molecule has 0 heterocycles.